The van der Waals surface area contributed by atoms with Gasteiger partial charge in [-0.15, -0.1) is 11.3 Å². The first-order chi connectivity index (χ1) is 14.2. The first-order valence-corrected chi connectivity index (χ1v) is 10.6. The molecule has 0 bridgehead atoms. The number of thiophene rings is 1. The van der Waals surface area contributed by atoms with Crippen molar-refractivity contribution in [2.24, 2.45) is 0 Å². The van der Waals surface area contributed by atoms with Crippen LogP contribution in [0.3, 0.4) is 0 Å². The topological polar surface area (TPSA) is 43.3 Å². The van der Waals surface area contributed by atoms with Crippen LogP contribution in [0.2, 0.25) is 0 Å². The summed E-state index contributed by atoms with van der Waals surface area (Å²) in [5.74, 6) is 0.800. The smallest absolute Gasteiger partial charge is 0.268 e. The van der Waals surface area contributed by atoms with E-state index in [2.05, 4.69) is 40.4 Å². The van der Waals surface area contributed by atoms with Crippen molar-refractivity contribution in [1.29, 1.82) is 0 Å². The SMILES string of the molecule is COc1ccccc1CCNC(=O)c1cc2sccc2n1C(C)c1ccccc1. The molecule has 5 heteroatoms. The van der Waals surface area contributed by atoms with Gasteiger partial charge in [-0.05, 0) is 48.1 Å². The Balaban J connectivity index is 1.55. The third-order valence-electron chi connectivity index (χ3n) is 5.23. The number of hydrogen-bond donors (Lipinski definition) is 1. The second-order valence-electron chi connectivity index (χ2n) is 6.97. The number of methoxy groups -OCH3 is 1. The van der Waals surface area contributed by atoms with Crippen LogP contribution < -0.4 is 10.1 Å². The van der Waals surface area contributed by atoms with Crippen LogP contribution in [0.15, 0.2) is 72.1 Å². The van der Waals surface area contributed by atoms with Crippen LogP contribution in [0.4, 0.5) is 0 Å². The molecule has 1 unspecified atom stereocenters. The fourth-order valence-electron chi connectivity index (χ4n) is 3.73. The van der Waals surface area contributed by atoms with Crippen LogP contribution in [0, 0.1) is 0 Å². The number of benzene rings is 2. The van der Waals surface area contributed by atoms with Crippen molar-refractivity contribution in [2.75, 3.05) is 13.7 Å². The van der Waals surface area contributed by atoms with Crippen molar-refractivity contribution < 1.29 is 9.53 Å². The zero-order valence-electron chi connectivity index (χ0n) is 16.6. The zero-order chi connectivity index (χ0) is 20.2. The largest absolute Gasteiger partial charge is 0.496 e. The van der Waals surface area contributed by atoms with Gasteiger partial charge in [0.25, 0.3) is 5.91 Å². The average Bonchev–Trinajstić information content (AvgIpc) is 3.35. The second kappa shape index (κ2) is 8.53. The Labute approximate surface area is 174 Å². The highest BCUT2D eigenvalue weighted by atomic mass is 32.1. The number of para-hydroxylation sites is 1. The molecule has 4 rings (SSSR count). The zero-order valence-corrected chi connectivity index (χ0v) is 17.4. The van der Waals surface area contributed by atoms with Crippen molar-refractivity contribution in [3.8, 4) is 5.75 Å². The van der Waals surface area contributed by atoms with E-state index in [-0.39, 0.29) is 11.9 Å². The molecule has 2 aromatic carbocycles. The van der Waals surface area contributed by atoms with Crippen LogP contribution in [0.25, 0.3) is 10.2 Å². The first kappa shape index (κ1) is 19.3. The van der Waals surface area contributed by atoms with Gasteiger partial charge in [-0.3, -0.25) is 4.79 Å². The van der Waals surface area contributed by atoms with E-state index >= 15 is 0 Å². The molecule has 4 aromatic rings. The molecule has 0 aliphatic heterocycles. The molecule has 1 atom stereocenters. The molecular weight excluding hydrogens is 380 g/mol. The number of amides is 1. The van der Waals surface area contributed by atoms with Crippen LogP contribution >= 0.6 is 11.3 Å². The van der Waals surface area contributed by atoms with Gasteiger partial charge >= 0.3 is 0 Å². The van der Waals surface area contributed by atoms with Gasteiger partial charge in [0.2, 0.25) is 0 Å². The molecule has 0 radical (unpaired) electrons. The predicted molar refractivity (Wildman–Crippen MR) is 119 cm³/mol. The van der Waals surface area contributed by atoms with Gasteiger partial charge in [0.05, 0.1) is 23.4 Å². The number of nitrogens with zero attached hydrogens (tertiary/aromatic N) is 1. The molecule has 0 saturated carbocycles. The van der Waals surface area contributed by atoms with Crippen LogP contribution in [0.1, 0.15) is 34.6 Å². The number of aromatic nitrogens is 1. The lowest BCUT2D eigenvalue weighted by Crippen LogP contribution is -2.28. The number of rotatable bonds is 7. The quantitative estimate of drug-likeness (QED) is 0.455. The van der Waals surface area contributed by atoms with Gasteiger partial charge in [-0.1, -0.05) is 48.5 Å². The maximum absolute atomic E-state index is 13.1. The van der Waals surface area contributed by atoms with Crippen molar-refractivity contribution in [3.05, 3.63) is 88.9 Å². The molecule has 0 aliphatic rings. The average molecular weight is 405 g/mol. The highest BCUT2D eigenvalue weighted by molar-refractivity contribution is 7.17. The number of hydrogen-bond acceptors (Lipinski definition) is 3. The van der Waals surface area contributed by atoms with Crippen LogP contribution in [0.5, 0.6) is 5.75 Å². The first-order valence-electron chi connectivity index (χ1n) is 9.72. The summed E-state index contributed by atoms with van der Waals surface area (Å²) >= 11 is 1.66. The minimum atomic E-state index is -0.0499. The van der Waals surface area contributed by atoms with Gasteiger partial charge < -0.3 is 14.6 Å². The van der Waals surface area contributed by atoms with E-state index in [9.17, 15) is 4.79 Å². The molecule has 0 saturated heterocycles. The molecule has 2 heterocycles. The fourth-order valence-corrected chi connectivity index (χ4v) is 4.54. The van der Waals surface area contributed by atoms with E-state index in [4.69, 9.17) is 4.74 Å². The van der Waals surface area contributed by atoms with Crippen molar-refractivity contribution in [1.82, 2.24) is 9.88 Å². The lowest BCUT2D eigenvalue weighted by molar-refractivity contribution is 0.0944. The molecule has 1 N–H and O–H groups in total. The minimum Gasteiger partial charge on any atom is -0.496 e. The van der Waals surface area contributed by atoms with E-state index in [1.807, 2.05) is 48.5 Å². The third-order valence-corrected chi connectivity index (χ3v) is 6.09. The van der Waals surface area contributed by atoms with Gasteiger partial charge in [0.15, 0.2) is 0 Å². The Kier molecular flexibility index (Phi) is 5.67. The van der Waals surface area contributed by atoms with Gasteiger partial charge in [-0.25, -0.2) is 0 Å². The number of carbonyl (C=O) groups is 1. The summed E-state index contributed by atoms with van der Waals surface area (Å²) in [4.78, 5) is 13.1. The van der Waals surface area contributed by atoms with Crippen molar-refractivity contribution in [2.45, 2.75) is 19.4 Å². The molecular formula is C24H24N2O2S. The van der Waals surface area contributed by atoms with Crippen molar-refractivity contribution >= 4 is 27.5 Å². The molecule has 29 heavy (non-hydrogen) atoms. The third kappa shape index (κ3) is 3.91. The Morgan fingerprint density at radius 1 is 1.10 bits per heavy atom. The van der Waals surface area contributed by atoms with E-state index < -0.39 is 0 Å². The Morgan fingerprint density at radius 3 is 2.66 bits per heavy atom. The van der Waals surface area contributed by atoms with E-state index in [0.29, 0.717) is 12.2 Å². The lowest BCUT2D eigenvalue weighted by Gasteiger charge is -2.19. The minimum absolute atomic E-state index is 0.0499. The standard InChI is InChI=1S/C24H24N2O2S/c1-17(18-8-4-3-5-9-18)26-20-13-15-29-23(20)16-21(26)24(27)25-14-12-19-10-6-7-11-22(19)28-2/h3-11,13,15-17H,12,14H2,1-2H3,(H,25,27). The highest BCUT2D eigenvalue weighted by Gasteiger charge is 2.21. The van der Waals surface area contributed by atoms with Gasteiger partial charge in [-0.2, -0.15) is 0 Å². The van der Waals surface area contributed by atoms with Gasteiger partial charge in [0.1, 0.15) is 11.4 Å². The van der Waals surface area contributed by atoms with Gasteiger partial charge in [0, 0.05) is 6.54 Å². The monoisotopic (exact) mass is 404 g/mol. The Bertz CT molecular complexity index is 1110. The fraction of sp³-hybridized carbons (Fsp3) is 0.208. The number of nitrogens with one attached hydrogen (secondary N) is 1. The predicted octanol–water partition coefficient (Wildman–Crippen LogP) is 5.29. The Morgan fingerprint density at radius 2 is 1.86 bits per heavy atom. The summed E-state index contributed by atoms with van der Waals surface area (Å²) in [6.45, 7) is 2.69. The normalized spacial score (nSPS) is 12.1. The summed E-state index contributed by atoms with van der Waals surface area (Å²) < 4.78 is 8.67. The summed E-state index contributed by atoms with van der Waals surface area (Å²) in [5, 5.41) is 5.16. The molecule has 148 valence electrons. The molecule has 0 fully saturated rings. The second-order valence-corrected chi connectivity index (χ2v) is 7.92. The van der Waals surface area contributed by atoms with Crippen LogP contribution in [-0.4, -0.2) is 24.1 Å². The lowest BCUT2D eigenvalue weighted by atomic mass is 10.1. The summed E-state index contributed by atoms with van der Waals surface area (Å²) in [6.07, 6.45) is 0.721. The molecule has 0 aliphatic carbocycles. The molecule has 2 aromatic heterocycles. The molecule has 0 spiro atoms. The van der Waals surface area contributed by atoms with E-state index in [0.717, 1.165) is 28.0 Å². The van der Waals surface area contributed by atoms with E-state index in [1.165, 1.54) is 5.56 Å². The maximum atomic E-state index is 13.1. The highest BCUT2D eigenvalue weighted by Crippen LogP contribution is 2.31. The summed E-state index contributed by atoms with van der Waals surface area (Å²) in [5.41, 5.74) is 4.06. The summed E-state index contributed by atoms with van der Waals surface area (Å²) in [7, 11) is 1.67. The molecule has 1 amide bonds. The maximum Gasteiger partial charge on any atom is 0.268 e. The van der Waals surface area contributed by atoms with Crippen molar-refractivity contribution in [3.63, 3.8) is 0 Å². The van der Waals surface area contributed by atoms with E-state index in [1.54, 1.807) is 18.4 Å². The summed E-state index contributed by atoms with van der Waals surface area (Å²) in [6, 6.07) is 22.3. The Hall–Kier alpha value is -3.05. The number of fused-ring (bicyclic) bond motifs is 1. The number of ether oxygens (including phenoxy) is 1. The molecule has 4 nitrogen and oxygen atoms in total. The number of carbonyl (C=O) groups excluding carboxylic acids is 1. The van der Waals surface area contributed by atoms with Crippen LogP contribution in [-0.2, 0) is 6.42 Å².